The summed E-state index contributed by atoms with van der Waals surface area (Å²) in [6.45, 7) is 1.41. The molecule has 3 aromatic rings. The standard InChI is InChI=1S/C18H18ClN5O/c19-13-3-5-14(6-4-13)22-18(25)23-10-7-15(8-11-23)24-12-21-16-2-1-9-20-17(16)24/h1-6,9,12,15H,7-8,10-11H2,(H,22,25). The average Bonchev–Trinajstić information content (AvgIpc) is 3.08. The maximum absolute atomic E-state index is 12.4. The molecule has 0 unspecified atom stereocenters. The predicted molar refractivity (Wildman–Crippen MR) is 97.8 cm³/mol. The summed E-state index contributed by atoms with van der Waals surface area (Å²) in [7, 11) is 0. The molecule has 0 aliphatic carbocycles. The van der Waals surface area contributed by atoms with Gasteiger partial charge in [0.15, 0.2) is 5.65 Å². The molecular formula is C18H18ClN5O. The van der Waals surface area contributed by atoms with Crippen LogP contribution in [0, 0.1) is 0 Å². The van der Waals surface area contributed by atoms with Crippen molar-refractivity contribution in [1.82, 2.24) is 19.4 Å². The molecule has 1 fully saturated rings. The van der Waals surface area contributed by atoms with Gasteiger partial charge in [-0.1, -0.05) is 11.6 Å². The quantitative estimate of drug-likeness (QED) is 0.757. The third kappa shape index (κ3) is 3.30. The van der Waals surface area contributed by atoms with E-state index in [0.717, 1.165) is 29.7 Å². The molecule has 0 saturated carbocycles. The molecule has 128 valence electrons. The van der Waals surface area contributed by atoms with Gasteiger partial charge in [0.05, 0.1) is 6.33 Å². The first-order valence-corrected chi connectivity index (χ1v) is 8.67. The summed E-state index contributed by atoms with van der Waals surface area (Å²) in [6.07, 6.45) is 5.41. The number of hydrogen-bond donors (Lipinski definition) is 1. The number of nitrogens with zero attached hydrogens (tertiary/aromatic N) is 4. The SMILES string of the molecule is O=C(Nc1ccc(Cl)cc1)N1CCC(n2cnc3cccnc32)CC1. The molecule has 0 radical (unpaired) electrons. The summed E-state index contributed by atoms with van der Waals surface area (Å²) in [4.78, 5) is 23.1. The van der Waals surface area contributed by atoms with Crippen molar-refractivity contribution >= 4 is 34.5 Å². The largest absolute Gasteiger partial charge is 0.324 e. The van der Waals surface area contributed by atoms with Crippen molar-refractivity contribution in [3.05, 3.63) is 53.9 Å². The maximum Gasteiger partial charge on any atom is 0.321 e. The van der Waals surface area contributed by atoms with Crippen molar-refractivity contribution in [3.63, 3.8) is 0 Å². The summed E-state index contributed by atoms with van der Waals surface area (Å²) >= 11 is 5.87. The summed E-state index contributed by atoms with van der Waals surface area (Å²) in [5, 5.41) is 3.57. The van der Waals surface area contributed by atoms with Crippen LogP contribution in [-0.4, -0.2) is 38.6 Å². The van der Waals surface area contributed by atoms with E-state index in [1.807, 2.05) is 23.4 Å². The van der Waals surface area contributed by atoms with E-state index in [-0.39, 0.29) is 6.03 Å². The molecule has 6 nitrogen and oxygen atoms in total. The van der Waals surface area contributed by atoms with Crippen LogP contribution in [-0.2, 0) is 0 Å². The number of amides is 2. The molecule has 1 N–H and O–H groups in total. The van der Waals surface area contributed by atoms with Crippen LogP contribution >= 0.6 is 11.6 Å². The molecule has 2 amide bonds. The molecule has 7 heteroatoms. The van der Waals surface area contributed by atoms with Crippen molar-refractivity contribution in [3.8, 4) is 0 Å². The molecule has 0 spiro atoms. The topological polar surface area (TPSA) is 63.1 Å². The third-order valence-corrected chi connectivity index (χ3v) is 4.82. The van der Waals surface area contributed by atoms with E-state index in [1.54, 1.807) is 30.5 Å². The molecule has 1 aliphatic heterocycles. The number of anilines is 1. The van der Waals surface area contributed by atoms with E-state index >= 15 is 0 Å². The molecular weight excluding hydrogens is 338 g/mol. The number of carbonyl (C=O) groups is 1. The Kier molecular flexibility index (Phi) is 4.28. The number of urea groups is 1. The Morgan fingerprint density at radius 3 is 2.64 bits per heavy atom. The van der Waals surface area contributed by atoms with Gasteiger partial charge in [0.2, 0.25) is 0 Å². The minimum Gasteiger partial charge on any atom is -0.324 e. The number of halogens is 1. The highest BCUT2D eigenvalue weighted by atomic mass is 35.5. The minimum absolute atomic E-state index is 0.0746. The smallest absolute Gasteiger partial charge is 0.321 e. The summed E-state index contributed by atoms with van der Waals surface area (Å²) < 4.78 is 2.13. The van der Waals surface area contributed by atoms with Crippen LogP contribution < -0.4 is 5.32 Å². The number of piperidine rings is 1. The number of carbonyl (C=O) groups excluding carboxylic acids is 1. The van der Waals surface area contributed by atoms with Crippen molar-refractivity contribution in [2.24, 2.45) is 0 Å². The lowest BCUT2D eigenvalue weighted by Crippen LogP contribution is -2.41. The normalized spacial score (nSPS) is 15.5. The van der Waals surface area contributed by atoms with Gasteiger partial charge in [0.1, 0.15) is 5.52 Å². The Morgan fingerprint density at radius 1 is 1.12 bits per heavy atom. The zero-order valence-corrected chi connectivity index (χ0v) is 14.4. The van der Waals surface area contributed by atoms with Gasteiger partial charge in [-0.05, 0) is 49.2 Å². The van der Waals surface area contributed by atoms with Gasteiger partial charge >= 0.3 is 6.03 Å². The number of nitrogens with one attached hydrogen (secondary N) is 1. The van der Waals surface area contributed by atoms with Gasteiger partial charge < -0.3 is 14.8 Å². The Bertz CT molecular complexity index is 884. The fourth-order valence-corrected chi connectivity index (χ4v) is 3.34. The van der Waals surface area contributed by atoms with E-state index in [2.05, 4.69) is 19.9 Å². The number of likely N-dealkylation sites (tertiary alicyclic amines) is 1. The van der Waals surface area contributed by atoms with Crippen LogP contribution in [0.25, 0.3) is 11.2 Å². The minimum atomic E-state index is -0.0746. The number of aromatic nitrogens is 3. The Labute approximate surface area is 150 Å². The van der Waals surface area contributed by atoms with Crippen LogP contribution in [0.4, 0.5) is 10.5 Å². The van der Waals surface area contributed by atoms with E-state index in [9.17, 15) is 4.79 Å². The number of pyridine rings is 1. The third-order valence-electron chi connectivity index (χ3n) is 4.57. The lowest BCUT2D eigenvalue weighted by atomic mass is 10.1. The second-order valence-corrected chi connectivity index (χ2v) is 6.59. The van der Waals surface area contributed by atoms with Crippen LogP contribution in [0.3, 0.4) is 0 Å². The first kappa shape index (κ1) is 15.9. The van der Waals surface area contributed by atoms with E-state index < -0.39 is 0 Å². The Morgan fingerprint density at radius 2 is 1.88 bits per heavy atom. The van der Waals surface area contributed by atoms with Crippen LogP contribution in [0.5, 0.6) is 0 Å². The van der Waals surface area contributed by atoms with Gasteiger partial charge in [-0.25, -0.2) is 14.8 Å². The highest BCUT2D eigenvalue weighted by Gasteiger charge is 2.25. The number of benzene rings is 1. The van der Waals surface area contributed by atoms with Crippen molar-refractivity contribution in [2.45, 2.75) is 18.9 Å². The van der Waals surface area contributed by atoms with Gasteiger partial charge in [-0.2, -0.15) is 0 Å². The van der Waals surface area contributed by atoms with Crippen molar-refractivity contribution in [2.75, 3.05) is 18.4 Å². The molecule has 3 heterocycles. The van der Waals surface area contributed by atoms with Gasteiger partial charge in [-0.15, -0.1) is 0 Å². The van der Waals surface area contributed by atoms with Crippen LogP contribution in [0.1, 0.15) is 18.9 Å². The molecule has 1 saturated heterocycles. The number of fused-ring (bicyclic) bond motifs is 1. The highest BCUT2D eigenvalue weighted by Crippen LogP contribution is 2.26. The maximum atomic E-state index is 12.4. The van der Waals surface area contributed by atoms with Gasteiger partial charge in [0.25, 0.3) is 0 Å². The molecule has 0 bridgehead atoms. The molecule has 25 heavy (non-hydrogen) atoms. The summed E-state index contributed by atoms with van der Waals surface area (Å²) in [6, 6.07) is 11.2. The lowest BCUT2D eigenvalue weighted by Gasteiger charge is -2.32. The van der Waals surface area contributed by atoms with Gasteiger partial charge in [0, 0.05) is 36.0 Å². The first-order valence-electron chi connectivity index (χ1n) is 8.30. The van der Waals surface area contributed by atoms with E-state index in [4.69, 9.17) is 11.6 Å². The van der Waals surface area contributed by atoms with E-state index in [0.29, 0.717) is 24.2 Å². The zero-order valence-electron chi connectivity index (χ0n) is 13.6. The molecule has 4 rings (SSSR count). The van der Waals surface area contributed by atoms with Crippen LogP contribution in [0.2, 0.25) is 5.02 Å². The second kappa shape index (κ2) is 6.72. The van der Waals surface area contributed by atoms with Crippen LogP contribution in [0.15, 0.2) is 48.9 Å². The zero-order chi connectivity index (χ0) is 17.2. The average molecular weight is 356 g/mol. The van der Waals surface area contributed by atoms with Crippen molar-refractivity contribution < 1.29 is 4.79 Å². The van der Waals surface area contributed by atoms with Gasteiger partial charge in [-0.3, -0.25) is 0 Å². The lowest BCUT2D eigenvalue weighted by molar-refractivity contribution is 0.184. The highest BCUT2D eigenvalue weighted by molar-refractivity contribution is 6.30. The first-order chi connectivity index (χ1) is 12.2. The Balaban J connectivity index is 1.39. The Hall–Kier alpha value is -2.60. The predicted octanol–water partition coefficient (Wildman–Crippen LogP) is 3.95. The fourth-order valence-electron chi connectivity index (χ4n) is 3.22. The molecule has 1 aromatic carbocycles. The molecule has 2 aromatic heterocycles. The second-order valence-electron chi connectivity index (χ2n) is 6.15. The summed E-state index contributed by atoms with van der Waals surface area (Å²) in [5.41, 5.74) is 2.57. The monoisotopic (exact) mass is 355 g/mol. The molecule has 1 aliphatic rings. The number of rotatable bonds is 2. The number of hydrogen-bond acceptors (Lipinski definition) is 3. The number of imidazole rings is 1. The van der Waals surface area contributed by atoms with Crippen molar-refractivity contribution in [1.29, 1.82) is 0 Å². The molecule has 0 atom stereocenters. The fraction of sp³-hybridized carbons (Fsp3) is 0.278. The van der Waals surface area contributed by atoms with E-state index in [1.165, 1.54) is 0 Å². The summed E-state index contributed by atoms with van der Waals surface area (Å²) in [5.74, 6) is 0.